The van der Waals surface area contributed by atoms with Gasteiger partial charge in [-0.2, -0.15) is 4.98 Å². The summed E-state index contributed by atoms with van der Waals surface area (Å²) >= 11 is 5.86. The Bertz CT molecular complexity index is 1000. The number of aryl methyl sites for hydroxylation is 1. The van der Waals surface area contributed by atoms with Crippen molar-refractivity contribution in [3.05, 3.63) is 81.0 Å². The SMILES string of the molecule is COc1cn(Cc2ccc(F)c(Cl)c2)c(Nc2ccccc2C)nc1=O. The number of ether oxygens (including phenoxy) is 1. The molecule has 1 N–H and O–H groups in total. The van der Waals surface area contributed by atoms with Crippen molar-refractivity contribution in [2.24, 2.45) is 0 Å². The summed E-state index contributed by atoms with van der Waals surface area (Å²) in [5.41, 5.74) is 2.12. The van der Waals surface area contributed by atoms with Gasteiger partial charge in [-0.1, -0.05) is 35.9 Å². The van der Waals surface area contributed by atoms with Crippen LogP contribution in [-0.4, -0.2) is 16.7 Å². The maximum absolute atomic E-state index is 13.4. The molecule has 0 aliphatic carbocycles. The van der Waals surface area contributed by atoms with Crippen LogP contribution in [0.1, 0.15) is 11.1 Å². The van der Waals surface area contributed by atoms with Crippen LogP contribution in [0.4, 0.5) is 16.0 Å². The number of aromatic nitrogens is 2. The van der Waals surface area contributed by atoms with E-state index in [2.05, 4.69) is 10.3 Å². The Kier molecular flexibility index (Phi) is 5.23. The molecule has 0 bridgehead atoms. The van der Waals surface area contributed by atoms with Crippen molar-refractivity contribution in [1.29, 1.82) is 0 Å². The Morgan fingerprint density at radius 1 is 1.27 bits per heavy atom. The average molecular weight is 374 g/mol. The topological polar surface area (TPSA) is 56.1 Å². The summed E-state index contributed by atoms with van der Waals surface area (Å²) in [6.07, 6.45) is 1.56. The van der Waals surface area contributed by atoms with Crippen LogP contribution in [-0.2, 0) is 6.54 Å². The van der Waals surface area contributed by atoms with E-state index in [1.54, 1.807) is 22.9 Å². The minimum absolute atomic E-state index is 0.0388. The van der Waals surface area contributed by atoms with Gasteiger partial charge in [-0.15, -0.1) is 0 Å². The lowest BCUT2D eigenvalue weighted by atomic mass is 10.2. The first-order chi connectivity index (χ1) is 12.5. The summed E-state index contributed by atoms with van der Waals surface area (Å²) < 4.78 is 20.2. The van der Waals surface area contributed by atoms with Crippen LogP contribution in [0.5, 0.6) is 5.75 Å². The van der Waals surface area contributed by atoms with Crippen LogP contribution in [0.25, 0.3) is 0 Å². The highest BCUT2D eigenvalue weighted by Gasteiger charge is 2.11. The summed E-state index contributed by atoms with van der Waals surface area (Å²) in [5.74, 6) is -0.0108. The van der Waals surface area contributed by atoms with E-state index in [1.807, 2.05) is 31.2 Å². The van der Waals surface area contributed by atoms with E-state index in [0.717, 1.165) is 16.8 Å². The van der Waals surface area contributed by atoms with E-state index in [4.69, 9.17) is 16.3 Å². The lowest BCUT2D eigenvalue weighted by Gasteiger charge is -2.16. The van der Waals surface area contributed by atoms with Crippen LogP contribution < -0.4 is 15.6 Å². The molecule has 5 nitrogen and oxygen atoms in total. The third-order valence-electron chi connectivity index (χ3n) is 3.91. The van der Waals surface area contributed by atoms with E-state index in [1.165, 1.54) is 13.2 Å². The van der Waals surface area contributed by atoms with Crippen molar-refractivity contribution in [3.63, 3.8) is 0 Å². The van der Waals surface area contributed by atoms with Gasteiger partial charge >= 0.3 is 5.56 Å². The first kappa shape index (κ1) is 17.9. The average Bonchev–Trinajstić information content (AvgIpc) is 2.62. The predicted octanol–water partition coefficient (Wildman–Crippen LogP) is 4.14. The normalized spacial score (nSPS) is 10.6. The number of nitrogens with one attached hydrogen (secondary N) is 1. The summed E-state index contributed by atoms with van der Waals surface area (Å²) in [6.45, 7) is 2.28. The Morgan fingerprint density at radius 2 is 2.04 bits per heavy atom. The van der Waals surface area contributed by atoms with Crippen LogP contribution >= 0.6 is 11.6 Å². The highest BCUT2D eigenvalue weighted by Crippen LogP contribution is 2.21. The third kappa shape index (κ3) is 3.86. The molecule has 0 amide bonds. The predicted molar refractivity (Wildman–Crippen MR) is 100 cm³/mol. The number of para-hydroxylation sites is 1. The molecule has 3 aromatic rings. The van der Waals surface area contributed by atoms with E-state index in [0.29, 0.717) is 12.5 Å². The van der Waals surface area contributed by atoms with Crippen LogP contribution in [0.15, 0.2) is 53.5 Å². The zero-order chi connectivity index (χ0) is 18.7. The van der Waals surface area contributed by atoms with Crippen molar-refractivity contribution in [2.75, 3.05) is 12.4 Å². The molecular weight excluding hydrogens is 357 g/mol. The highest BCUT2D eigenvalue weighted by molar-refractivity contribution is 6.30. The maximum atomic E-state index is 13.4. The monoisotopic (exact) mass is 373 g/mol. The first-order valence-electron chi connectivity index (χ1n) is 7.90. The molecule has 1 heterocycles. The molecule has 0 radical (unpaired) electrons. The molecule has 3 rings (SSSR count). The number of hydrogen-bond acceptors (Lipinski definition) is 4. The van der Waals surface area contributed by atoms with E-state index in [9.17, 15) is 9.18 Å². The van der Waals surface area contributed by atoms with Gasteiger partial charge in [-0.3, -0.25) is 4.79 Å². The number of benzene rings is 2. The van der Waals surface area contributed by atoms with Crippen molar-refractivity contribution < 1.29 is 9.13 Å². The van der Waals surface area contributed by atoms with E-state index >= 15 is 0 Å². The van der Waals surface area contributed by atoms with Gasteiger partial charge in [0.2, 0.25) is 11.7 Å². The molecule has 0 saturated carbocycles. The Balaban J connectivity index is 2.02. The van der Waals surface area contributed by atoms with Crippen molar-refractivity contribution >= 4 is 23.2 Å². The zero-order valence-corrected chi connectivity index (χ0v) is 15.0. The summed E-state index contributed by atoms with van der Waals surface area (Å²) in [5, 5.41) is 3.21. The molecule has 0 aliphatic heterocycles. The second-order valence-corrected chi connectivity index (χ2v) is 6.16. The molecule has 0 aliphatic rings. The number of anilines is 2. The van der Waals surface area contributed by atoms with Gasteiger partial charge in [-0.25, -0.2) is 4.39 Å². The number of nitrogens with zero attached hydrogens (tertiary/aromatic N) is 2. The fourth-order valence-corrected chi connectivity index (χ4v) is 2.71. The largest absolute Gasteiger partial charge is 0.490 e. The number of rotatable bonds is 5. The number of hydrogen-bond donors (Lipinski definition) is 1. The Morgan fingerprint density at radius 3 is 2.73 bits per heavy atom. The zero-order valence-electron chi connectivity index (χ0n) is 14.3. The van der Waals surface area contributed by atoms with Gasteiger partial charge in [0.1, 0.15) is 5.82 Å². The Hall–Kier alpha value is -2.86. The van der Waals surface area contributed by atoms with Gasteiger partial charge in [0, 0.05) is 5.69 Å². The van der Waals surface area contributed by atoms with Gasteiger partial charge in [-0.05, 0) is 36.2 Å². The smallest absolute Gasteiger partial charge is 0.316 e. The van der Waals surface area contributed by atoms with Crippen molar-refractivity contribution in [2.45, 2.75) is 13.5 Å². The molecule has 0 unspecified atom stereocenters. The lowest BCUT2D eigenvalue weighted by Crippen LogP contribution is -2.19. The third-order valence-corrected chi connectivity index (χ3v) is 4.20. The van der Waals surface area contributed by atoms with Gasteiger partial charge in [0.25, 0.3) is 0 Å². The minimum atomic E-state index is -0.482. The molecule has 0 saturated heterocycles. The summed E-state index contributed by atoms with van der Waals surface area (Å²) in [6, 6.07) is 12.1. The second kappa shape index (κ2) is 7.58. The minimum Gasteiger partial charge on any atom is -0.490 e. The van der Waals surface area contributed by atoms with Crippen molar-refractivity contribution in [1.82, 2.24) is 9.55 Å². The molecule has 26 heavy (non-hydrogen) atoms. The molecule has 134 valence electrons. The van der Waals surface area contributed by atoms with E-state index < -0.39 is 11.4 Å². The molecule has 1 aromatic heterocycles. The summed E-state index contributed by atoms with van der Waals surface area (Å²) in [7, 11) is 1.41. The molecule has 0 fully saturated rings. The van der Waals surface area contributed by atoms with E-state index in [-0.39, 0.29) is 10.8 Å². The van der Waals surface area contributed by atoms with Crippen LogP contribution in [0.2, 0.25) is 5.02 Å². The summed E-state index contributed by atoms with van der Waals surface area (Å²) in [4.78, 5) is 16.2. The standard InChI is InChI=1S/C19H17ClFN3O2/c1-12-5-3-4-6-16(12)22-19-23-18(25)17(26-2)11-24(19)10-13-7-8-15(21)14(20)9-13/h3-9,11H,10H2,1-2H3,(H,22,23,25). The van der Waals surface area contributed by atoms with Crippen LogP contribution in [0.3, 0.4) is 0 Å². The number of halogens is 2. The van der Waals surface area contributed by atoms with Crippen molar-refractivity contribution in [3.8, 4) is 5.75 Å². The fourth-order valence-electron chi connectivity index (χ4n) is 2.50. The lowest BCUT2D eigenvalue weighted by molar-refractivity contribution is 0.402. The first-order valence-corrected chi connectivity index (χ1v) is 8.28. The van der Waals surface area contributed by atoms with Crippen LogP contribution in [0, 0.1) is 12.7 Å². The maximum Gasteiger partial charge on any atom is 0.316 e. The molecule has 0 spiro atoms. The fraction of sp³-hybridized carbons (Fsp3) is 0.158. The second-order valence-electron chi connectivity index (χ2n) is 5.75. The molecule has 0 atom stereocenters. The van der Waals surface area contributed by atoms with Gasteiger partial charge in [0.05, 0.1) is 24.9 Å². The van der Waals surface area contributed by atoms with Gasteiger partial charge in [0.15, 0.2) is 0 Å². The highest BCUT2D eigenvalue weighted by atomic mass is 35.5. The molecule has 7 heteroatoms. The number of methoxy groups -OCH3 is 1. The Labute approximate surface area is 155 Å². The van der Waals surface area contributed by atoms with Gasteiger partial charge < -0.3 is 14.6 Å². The quantitative estimate of drug-likeness (QED) is 0.730. The molecular formula is C19H17ClFN3O2. The molecule has 2 aromatic carbocycles.